The molecule has 2 rings (SSSR count). The Labute approximate surface area is 122 Å². The zero-order valence-electron chi connectivity index (χ0n) is 12.3. The summed E-state index contributed by atoms with van der Waals surface area (Å²) in [6.45, 7) is 2.66. The summed E-state index contributed by atoms with van der Waals surface area (Å²) in [7, 11) is 2.11. The summed E-state index contributed by atoms with van der Waals surface area (Å²) < 4.78 is 1.02. The number of piperidine rings is 1. The van der Waals surface area contributed by atoms with Gasteiger partial charge >= 0.3 is 0 Å². The lowest BCUT2D eigenvalue weighted by molar-refractivity contribution is -0.122. The second kappa shape index (κ2) is 7.21. The summed E-state index contributed by atoms with van der Waals surface area (Å²) in [5.74, 6) is 0.353. The standard InChI is InChI=1S/C14H22N4O3/c1-17-8-2-3-11(9-17)6-7-15-13(20)10-18-14(21)5-4-12(19)16-18/h4-5,11H,2-3,6-10H2,1H3,(H,15,20)(H,16,19). The molecule has 1 saturated heterocycles. The maximum Gasteiger partial charge on any atom is 0.265 e. The van der Waals surface area contributed by atoms with E-state index in [-0.39, 0.29) is 12.5 Å². The van der Waals surface area contributed by atoms with Crippen molar-refractivity contribution in [2.45, 2.75) is 25.8 Å². The first-order valence-corrected chi connectivity index (χ1v) is 7.30. The van der Waals surface area contributed by atoms with Crippen LogP contribution in [0.1, 0.15) is 19.3 Å². The highest BCUT2D eigenvalue weighted by Gasteiger charge is 2.16. The molecule has 0 saturated carbocycles. The first-order valence-electron chi connectivity index (χ1n) is 7.30. The summed E-state index contributed by atoms with van der Waals surface area (Å²) >= 11 is 0. The molecule has 7 heteroatoms. The molecule has 0 aliphatic carbocycles. The zero-order chi connectivity index (χ0) is 15.2. The predicted octanol–water partition coefficient (Wildman–Crippen LogP) is -0.615. The molecule has 1 aliphatic heterocycles. The summed E-state index contributed by atoms with van der Waals surface area (Å²) in [5.41, 5.74) is -0.786. The van der Waals surface area contributed by atoms with Crippen LogP contribution in [0.2, 0.25) is 0 Å². The average molecular weight is 294 g/mol. The SMILES string of the molecule is CN1CCCC(CCNC(=O)Cn2[nH]c(=O)ccc2=O)C1. The molecule has 2 N–H and O–H groups in total. The third-order valence-electron chi connectivity index (χ3n) is 3.79. The largest absolute Gasteiger partial charge is 0.354 e. The number of aromatic nitrogens is 2. The van der Waals surface area contributed by atoms with Crippen molar-refractivity contribution >= 4 is 5.91 Å². The van der Waals surface area contributed by atoms with E-state index < -0.39 is 11.1 Å². The summed E-state index contributed by atoms with van der Waals surface area (Å²) in [5, 5.41) is 5.13. The normalized spacial score (nSPS) is 19.4. The minimum atomic E-state index is -0.396. The number of aromatic amines is 1. The Kier molecular flexibility index (Phi) is 5.32. The van der Waals surface area contributed by atoms with E-state index in [1.54, 1.807) is 0 Å². The van der Waals surface area contributed by atoms with E-state index in [4.69, 9.17) is 0 Å². The van der Waals surface area contributed by atoms with E-state index in [9.17, 15) is 14.4 Å². The van der Waals surface area contributed by atoms with Gasteiger partial charge in [-0.1, -0.05) is 0 Å². The number of rotatable bonds is 5. The van der Waals surface area contributed by atoms with Crippen LogP contribution in [-0.2, 0) is 11.3 Å². The van der Waals surface area contributed by atoms with Crippen molar-refractivity contribution in [1.29, 1.82) is 0 Å². The van der Waals surface area contributed by atoms with Crippen molar-refractivity contribution in [1.82, 2.24) is 20.0 Å². The highest BCUT2D eigenvalue weighted by molar-refractivity contribution is 5.75. The lowest BCUT2D eigenvalue weighted by Crippen LogP contribution is -2.38. The smallest absolute Gasteiger partial charge is 0.265 e. The van der Waals surface area contributed by atoms with Crippen molar-refractivity contribution in [2.24, 2.45) is 5.92 Å². The monoisotopic (exact) mass is 294 g/mol. The predicted molar refractivity (Wildman–Crippen MR) is 79.2 cm³/mol. The van der Waals surface area contributed by atoms with Crippen LogP contribution in [0.5, 0.6) is 0 Å². The maximum absolute atomic E-state index is 11.8. The quantitative estimate of drug-likeness (QED) is 0.758. The number of hydrogen-bond donors (Lipinski definition) is 2. The second-order valence-corrected chi connectivity index (χ2v) is 5.64. The van der Waals surface area contributed by atoms with Gasteiger partial charge in [0.05, 0.1) is 0 Å². The molecule has 1 aliphatic rings. The first-order chi connectivity index (χ1) is 10.0. The molecule has 0 radical (unpaired) electrons. The third kappa shape index (κ3) is 4.86. The Morgan fingerprint density at radius 3 is 3.00 bits per heavy atom. The topological polar surface area (TPSA) is 87.2 Å². The molecule has 116 valence electrons. The van der Waals surface area contributed by atoms with Crippen LogP contribution in [-0.4, -0.2) is 47.3 Å². The maximum atomic E-state index is 11.8. The van der Waals surface area contributed by atoms with Gasteiger partial charge in [-0.25, -0.2) is 4.68 Å². The van der Waals surface area contributed by atoms with Crippen LogP contribution in [0.3, 0.4) is 0 Å². The van der Waals surface area contributed by atoms with Crippen LogP contribution < -0.4 is 16.4 Å². The van der Waals surface area contributed by atoms with Crippen molar-refractivity contribution < 1.29 is 4.79 Å². The van der Waals surface area contributed by atoms with Gasteiger partial charge in [0.15, 0.2) is 0 Å². The Bertz CT molecular complexity index is 592. The fourth-order valence-corrected chi connectivity index (χ4v) is 2.70. The fourth-order valence-electron chi connectivity index (χ4n) is 2.70. The van der Waals surface area contributed by atoms with E-state index in [1.807, 2.05) is 0 Å². The Morgan fingerprint density at radius 2 is 2.24 bits per heavy atom. The number of carbonyl (C=O) groups is 1. The van der Waals surface area contributed by atoms with Crippen LogP contribution >= 0.6 is 0 Å². The number of nitrogens with one attached hydrogen (secondary N) is 2. The average Bonchev–Trinajstić information content (AvgIpc) is 2.43. The van der Waals surface area contributed by atoms with E-state index in [1.165, 1.54) is 12.8 Å². The van der Waals surface area contributed by atoms with Gasteiger partial charge in [-0.05, 0) is 38.8 Å². The zero-order valence-corrected chi connectivity index (χ0v) is 12.3. The van der Waals surface area contributed by atoms with Gasteiger partial charge in [0, 0.05) is 25.2 Å². The van der Waals surface area contributed by atoms with Crippen LogP contribution in [0, 0.1) is 5.92 Å². The number of likely N-dealkylation sites (tertiary alicyclic amines) is 1. The van der Waals surface area contributed by atoms with Gasteiger partial charge in [-0.3, -0.25) is 19.5 Å². The van der Waals surface area contributed by atoms with Gasteiger partial charge in [0.25, 0.3) is 11.1 Å². The van der Waals surface area contributed by atoms with E-state index in [0.717, 1.165) is 36.3 Å². The molecular weight excluding hydrogens is 272 g/mol. The molecule has 1 fully saturated rings. The van der Waals surface area contributed by atoms with Gasteiger partial charge in [0.2, 0.25) is 5.91 Å². The van der Waals surface area contributed by atoms with Crippen LogP contribution in [0.4, 0.5) is 0 Å². The van der Waals surface area contributed by atoms with E-state index in [0.29, 0.717) is 12.5 Å². The highest BCUT2D eigenvalue weighted by Crippen LogP contribution is 2.17. The Hall–Kier alpha value is -1.89. The number of nitrogens with zero attached hydrogens (tertiary/aromatic N) is 2. The van der Waals surface area contributed by atoms with Crippen LogP contribution in [0.15, 0.2) is 21.7 Å². The van der Waals surface area contributed by atoms with E-state index >= 15 is 0 Å². The minimum absolute atomic E-state index is 0.153. The number of carbonyl (C=O) groups excluding carboxylic acids is 1. The summed E-state index contributed by atoms with van der Waals surface area (Å²) in [6, 6.07) is 2.31. The molecule has 1 aromatic heterocycles. The van der Waals surface area contributed by atoms with Crippen molar-refractivity contribution in [3.8, 4) is 0 Å². The molecular formula is C14H22N4O3. The molecule has 0 bridgehead atoms. The highest BCUT2D eigenvalue weighted by atomic mass is 16.2. The molecule has 1 aromatic rings. The van der Waals surface area contributed by atoms with Crippen molar-refractivity contribution in [3.05, 3.63) is 32.8 Å². The van der Waals surface area contributed by atoms with Gasteiger partial charge in [0.1, 0.15) is 6.54 Å². The lowest BCUT2D eigenvalue weighted by atomic mass is 9.95. The second-order valence-electron chi connectivity index (χ2n) is 5.64. The Balaban J connectivity index is 1.76. The van der Waals surface area contributed by atoms with Gasteiger partial charge < -0.3 is 10.2 Å². The number of H-pyrrole nitrogens is 1. The van der Waals surface area contributed by atoms with Gasteiger partial charge in [-0.15, -0.1) is 0 Å². The fraction of sp³-hybridized carbons (Fsp3) is 0.643. The molecule has 0 aromatic carbocycles. The summed E-state index contributed by atoms with van der Waals surface area (Å²) in [6.07, 6.45) is 3.34. The summed E-state index contributed by atoms with van der Waals surface area (Å²) in [4.78, 5) is 36.7. The molecule has 1 unspecified atom stereocenters. The molecule has 21 heavy (non-hydrogen) atoms. The molecule has 1 atom stereocenters. The van der Waals surface area contributed by atoms with Crippen molar-refractivity contribution in [3.63, 3.8) is 0 Å². The van der Waals surface area contributed by atoms with E-state index in [2.05, 4.69) is 22.4 Å². The molecule has 7 nitrogen and oxygen atoms in total. The molecule has 0 spiro atoms. The molecule has 2 heterocycles. The van der Waals surface area contributed by atoms with Crippen LogP contribution in [0.25, 0.3) is 0 Å². The first kappa shape index (κ1) is 15.5. The minimum Gasteiger partial charge on any atom is -0.354 e. The van der Waals surface area contributed by atoms with Gasteiger partial charge in [-0.2, -0.15) is 0 Å². The van der Waals surface area contributed by atoms with Crippen molar-refractivity contribution in [2.75, 3.05) is 26.7 Å². The number of amides is 1. The third-order valence-corrected chi connectivity index (χ3v) is 3.79. The molecule has 1 amide bonds. The lowest BCUT2D eigenvalue weighted by Gasteiger charge is -2.29. The Morgan fingerprint density at radius 1 is 1.43 bits per heavy atom. The number of hydrogen-bond acceptors (Lipinski definition) is 4.